The fraction of sp³-hybridized carbons (Fsp3) is 0.125. The molecule has 2 aromatic carbocycles. The van der Waals surface area contributed by atoms with E-state index >= 15 is 0 Å². The molecule has 1 aliphatic carbocycles. The number of fused-ring (bicyclic) bond motifs is 1. The molecular weight excluding hydrogens is 366 g/mol. The Morgan fingerprint density at radius 2 is 1.59 bits per heavy atom. The van der Waals surface area contributed by atoms with Gasteiger partial charge in [0.1, 0.15) is 6.29 Å². The van der Waals surface area contributed by atoms with E-state index in [2.05, 4.69) is 0 Å². The van der Waals surface area contributed by atoms with Crippen LogP contribution in [0.4, 0.5) is 0 Å². The highest BCUT2D eigenvalue weighted by Crippen LogP contribution is 2.47. The van der Waals surface area contributed by atoms with Gasteiger partial charge >= 0.3 is 0 Å². The molecule has 0 fully saturated rings. The second-order valence-electron chi connectivity index (χ2n) is 5.02. The van der Waals surface area contributed by atoms with Crippen LogP contribution in [0.5, 0.6) is 0 Å². The molecule has 0 spiro atoms. The van der Waals surface area contributed by atoms with Gasteiger partial charge in [0, 0.05) is 31.6 Å². The van der Waals surface area contributed by atoms with E-state index in [1.807, 2.05) is 0 Å². The summed E-state index contributed by atoms with van der Waals surface area (Å²) in [6.07, 6.45) is 0.627. The maximum absolute atomic E-state index is 12.5. The van der Waals surface area contributed by atoms with Crippen molar-refractivity contribution >= 4 is 58.5 Å². The number of halogens is 4. The van der Waals surface area contributed by atoms with E-state index in [1.54, 1.807) is 24.3 Å². The van der Waals surface area contributed by atoms with E-state index in [4.69, 9.17) is 46.4 Å². The molecule has 0 heterocycles. The molecule has 2 atom stereocenters. The van der Waals surface area contributed by atoms with Crippen LogP contribution in [0, 0.1) is 5.92 Å². The smallest absolute Gasteiger partial charge is 0.174 e. The Morgan fingerprint density at radius 1 is 0.909 bits per heavy atom. The van der Waals surface area contributed by atoms with Gasteiger partial charge in [-0.1, -0.05) is 52.5 Å². The summed E-state index contributed by atoms with van der Waals surface area (Å²) >= 11 is 24.4. The van der Waals surface area contributed by atoms with Gasteiger partial charge in [-0.3, -0.25) is 4.79 Å². The first-order chi connectivity index (χ1) is 10.4. The van der Waals surface area contributed by atoms with Gasteiger partial charge in [0.05, 0.1) is 5.92 Å². The Labute approximate surface area is 146 Å². The Morgan fingerprint density at radius 3 is 2.23 bits per heavy atom. The molecule has 22 heavy (non-hydrogen) atoms. The zero-order chi connectivity index (χ0) is 16.0. The molecule has 6 heteroatoms. The van der Waals surface area contributed by atoms with Crippen LogP contribution in [0.15, 0.2) is 30.3 Å². The Balaban J connectivity index is 2.27. The fourth-order valence-corrected chi connectivity index (χ4v) is 4.00. The van der Waals surface area contributed by atoms with Crippen molar-refractivity contribution in [3.05, 3.63) is 67.1 Å². The highest BCUT2D eigenvalue weighted by atomic mass is 35.5. The van der Waals surface area contributed by atoms with E-state index < -0.39 is 11.8 Å². The van der Waals surface area contributed by atoms with Crippen molar-refractivity contribution in [2.45, 2.75) is 5.92 Å². The van der Waals surface area contributed by atoms with Crippen molar-refractivity contribution in [3.8, 4) is 0 Å². The van der Waals surface area contributed by atoms with E-state index in [0.29, 0.717) is 43.1 Å². The van der Waals surface area contributed by atoms with Crippen LogP contribution in [-0.2, 0) is 4.79 Å². The fourth-order valence-electron chi connectivity index (χ4n) is 2.86. The van der Waals surface area contributed by atoms with Crippen molar-refractivity contribution in [1.82, 2.24) is 0 Å². The number of rotatable bonds is 2. The Bertz CT molecular complexity index is 801. The van der Waals surface area contributed by atoms with Crippen LogP contribution in [0.1, 0.15) is 27.4 Å². The zero-order valence-corrected chi connectivity index (χ0v) is 14.0. The summed E-state index contributed by atoms with van der Waals surface area (Å²) in [5.41, 5.74) is 1.59. The van der Waals surface area contributed by atoms with Crippen LogP contribution >= 0.6 is 46.4 Å². The highest BCUT2D eigenvalue weighted by Gasteiger charge is 2.43. The number of aldehydes is 1. The van der Waals surface area contributed by atoms with Gasteiger partial charge in [-0.25, -0.2) is 0 Å². The second kappa shape index (κ2) is 5.86. The van der Waals surface area contributed by atoms with Gasteiger partial charge in [-0.2, -0.15) is 0 Å². The third-order valence-corrected chi connectivity index (χ3v) is 4.87. The largest absolute Gasteiger partial charge is 0.303 e. The second-order valence-corrected chi connectivity index (χ2v) is 6.71. The summed E-state index contributed by atoms with van der Waals surface area (Å²) in [5.74, 6) is -1.70. The summed E-state index contributed by atoms with van der Waals surface area (Å²) in [7, 11) is 0. The van der Waals surface area contributed by atoms with Crippen molar-refractivity contribution in [2.75, 3.05) is 0 Å². The van der Waals surface area contributed by atoms with Crippen molar-refractivity contribution in [1.29, 1.82) is 0 Å². The number of benzene rings is 2. The van der Waals surface area contributed by atoms with Gasteiger partial charge in [0.2, 0.25) is 0 Å². The van der Waals surface area contributed by atoms with E-state index in [9.17, 15) is 9.59 Å². The van der Waals surface area contributed by atoms with Gasteiger partial charge in [-0.15, -0.1) is 0 Å². The molecule has 0 aliphatic heterocycles. The molecule has 0 N–H and O–H groups in total. The van der Waals surface area contributed by atoms with Crippen LogP contribution in [0.3, 0.4) is 0 Å². The minimum Gasteiger partial charge on any atom is -0.303 e. The SMILES string of the molecule is O=CC1C(=O)c2cc(Cl)cc(Cl)c2C1c1ccc(Cl)cc1Cl. The molecule has 0 saturated heterocycles. The standard InChI is InChI=1S/C16H8Cl4O2/c17-7-1-2-9(12(19)4-7)14-11(6-21)16(22)10-3-8(18)5-13(20)15(10)14/h1-6,11,14H. The summed E-state index contributed by atoms with van der Waals surface area (Å²) in [6, 6.07) is 8.04. The lowest BCUT2D eigenvalue weighted by molar-refractivity contribution is -0.110. The van der Waals surface area contributed by atoms with Gasteiger partial charge in [0.25, 0.3) is 0 Å². The molecule has 0 saturated carbocycles. The number of carbonyl (C=O) groups is 2. The first-order valence-electron chi connectivity index (χ1n) is 6.37. The van der Waals surface area contributed by atoms with Gasteiger partial charge in [-0.05, 0) is 35.4 Å². The molecule has 0 bridgehead atoms. The molecule has 2 nitrogen and oxygen atoms in total. The van der Waals surface area contributed by atoms with E-state index in [1.165, 1.54) is 6.07 Å². The highest BCUT2D eigenvalue weighted by molar-refractivity contribution is 6.37. The normalized spacial score (nSPS) is 20.1. The van der Waals surface area contributed by atoms with Crippen LogP contribution in [-0.4, -0.2) is 12.1 Å². The van der Waals surface area contributed by atoms with E-state index in [-0.39, 0.29) is 5.78 Å². The maximum atomic E-state index is 12.5. The molecule has 1 aliphatic rings. The minimum absolute atomic E-state index is 0.301. The van der Waals surface area contributed by atoms with Crippen LogP contribution < -0.4 is 0 Å². The van der Waals surface area contributed by atoms with Crippen molar-refractivity contribution < 1.29 is 9.59 Å². The Kier molecular flexibility index (Phi) is 4.21. The number of Topliss-reactive ketones (excluding diaryl/α,β-unsaturated/α-hetero) is 1. The molecule has 3 rings (SSSR count). The predicted octanol–water partition coefficient (Wildman–Crippen LogP) is 5.44. The third-order valence-electron chi connectivity index (χ3n) is 3.78. The number of ketones is 1. The number of hydrogen-bond acceptors (Lipinski definition) is 2. The molecule has 2 unspecified atom stereocenters. The van der Waals surface area contributed by atoms with Gasteiger partial charge in [0.15, 0.2) is 5.78 Å². The monoisotopic (exact) mass is 372 g/mol. The number of carbonyl (C=O) groups excluding carboxylic acids is 2. The molecule has 0 aromatic heterocycles. The Hall–Kier alpha value is -1.06. The minimum atomic E-state index is -0.871. The van der Waals surface area contributed by atoms with E-state index in [0.717, 1.165) is 0 Å². The summed E-state index contributed by atoms with van der Waals surface area (Å²) in [4.78, 5) is 24.0. The van der Waals surface area contributed by atoms with Gasteiger partial charge < -0.3 is 4.79 Å². The summed E-state index contributed by atoms with van der Waals surface area (Å²) < 4.78 is 0. The van der Waals surface area contributed by atoms with Crippen molar-refractivity contribution in [3.63, 3.8) is 0 Å². The molecule has 112 valence electrons. The third kappa shape index (κ3) is 2.44. The lowest BCUT2D eigenvalue weighted by atomic mass is 9.86. The molecular formula is C16H8Cl4O2. The predicted molar refractivity (Wildman–Crippen MR) is 88.7 cm³/mol. The lowest BCUT2D eigenvalue weighted by Crippen LogP contribution is -2.16. The van der Waals surface area contributed by atoms with Crippen LogP contribution in [0.2, 0.25) is 20.1 Å². The lowest BCUT2D eigenvalue weighted by Gasteiger charge is -2.18. The molecule has 2 aromatic rings. The van der Waals surface area contributed by atoms with Crippen LogP contribution in [0.25, 0.3) is 0 Å². The average molecular weight is 374 g/mol. The van der Waals surface area contributed by atoms with Crippen molar-refractivity contribution in [2.24, 2.45) is 5.92 Å². The number of hydrogen-bond donors (Lipinski definition) is 0. The maximum Gasteiger partial charge on any atom is 0.174 e. The topological polar surface area (TPSA) is 34.1 Å². The average Bonchev–Trinajstić information content (AvgIpc) is 2.72. The summed E-state index contributed by atoms with van der Waals surface area (Å²) in [6.45, 7) is 0. The zero-order valence-electron chi connectivity index (χ0n) is 10.9. The quantitative estimate of drug-likeness (QED) is 0.518. The first kappa shape index (κ1) is 15.8. The first-order valence-corrected chi connectivity index (χ1v) is 7.88. The molecule has 0 radical (unpaired) electrons. The molecule has 0 amide bonds. The summed E-state index contributed by atoms with van der Waals surface area (Å²) in [5, 5.41) is 1.56.